The molecule has 2 aromatic rings. The number of rotatable bonds is 5. The zero-order valence-corrected chi connectivity index (χ0v) is 19.6. The third-order valence-corrected chi connectivity index (χ3v) is 12.4. The highest BCUT2D eigenvalue weighted by Crippen LogP contribution is 2.33. The summed E-state index contributed by atoms with van der Waals surface area (Å²) in [7, 11) is -3.77. The van der Waals surface area contributed by atoms with Crippen LogP contribution >= 0.6 is 0 Å². The average Bonchev–Trinajstić information content (AvgIpc) is 3.11. The van der Waals surface area contributed by atoms with Crippen LogP contribution in [0.1, 0.15) is 27.2 Å². The van der Waals surface area contributed by atoms with Gasteiger partial charge in [0.05, 0.1) is 8.07 Å². The fourth-order valence-electron chi connectivity index (χ4n) is 4.24. The fraction of sp³-hybridized carbons (Fsp3) is 0.333. The zero-order chi connectivity index (χ0) is 19.7. The second-order valence-electron chi connectivity index (χ2n) is 9.61. The molecule has 3 rings (SSSR count). The van der Waals surface area contributed by atoms with Crippen molar-refractivity contribution in [1.82, 2.24) is 4.98 Å². The maximum Gasteiger partial charge on any atom is 0.218 e. The lowest BCUT2D eigenvalue weighted by Gasteiger charge is -2.42. The third kappa shape index (κ3) is 4.10. The summed E-state index contributed by atoms with van der Waals surface area (Å²) in [5.41, 5.74) is 0.0258. The maximum atomic E-state index is 4.21. The van der Waals surface area contributed by atoms with Crippen LogP contribution < -0.4 is 15.4 Å². The van der Waals surface area contributed by atoms with Gasteiger partial charge in [0.15, 0.2) is 0 Å². The second-order valence-corrected chi connectivity index (χ2v) is 18.2. The standard InChI is InChI=1S/C24H33NSi2/c1-24(2,3)25-27(20-14-9-7-10-15-20,21-16-11-8-12-17-21)23-19-13-18-22(23)26(4,5)6/h7-18,25H,19H2,1-6H3. The van der Waals surface area contributed by atoms with E-state index in [-0.39, 0.29) is 5.54 Å². The molecule has 0 fully saturated rings. The van der Waals surface area contributed by atoms with Crippen molar-refractivity contribution in [2.45, 2.75) is 52.4 Å². The molecule has 0 amide bonds. The molecular formula is C24H33NSi2. The molecule has 0 saturated heterocycles. The normalized spacial score (nSPS) is 15.5. The molecule has 0 aliphatic heterocycles. The molecule has 1 N–H and O–H groups in total. The topological polar surface area (TPSA) is 12.0 Å². The third-order valence-electron chi connectivity index (χ3n) is 5.17. The summed E-state index contributed by atoms with van der Waals surface area (Å²) >= 11 is 0. The molecular weight excluding hydrogens is 358 g/mol. The number of nitrogens with one attached hydrogen (secondary N) is 1. The maximum absolute atomic E-state index is 4.21. The molecule has 1 nitrogen and oxygen atoms in total. The number of hydrogen-bond donors (Lipinski definition) is 1. The molecule has 0 heterocycles. The smallest absolute Gasteiger partial charge is 0.218 e. The molecule has 0 atom stereocenters. The Balaban J connectivity index is 2.38. The van der Waals surface area contributed by atoms with Gasteiger partial charge in [-0.05, 0) is 37.6 Å². The highest BCUT2D eigenvalue weighted by Gasteiger charge is 2.46. The van der Waals surface area contributed by atoms with Gasteiger partial charge in [-0.25, -0.2) is 0 Å². The van der Waals surface area contributed by atoms with Crippen molar-refractivity contribution in [1.29, 1.82) is 0 Å². The van der Waals surface area contributed by atoms with Crippen LogP contribution in [0.15, 0.2) is 83.2 Å². The summed E-state index contributed by atoms with van der Waals surface area (Å²) in [4.78, 5) is 4.21. The lowest BCUT2D eigenvalue weighted by Crippen LogP contribution is -2.74. The van der Waals surface area contributed by atoms with Crippen LogP contribution in [0.3, 0.4) is 0 Å². The van der Waals surface area contributed by atoms with Crippen LogP contribution in [0.4, 0.5) is 0 Å². The quantitative estimate of drug-likeness (QED) is 0.721. The Labute approximate surface area is 167 Å². The Morgan fingerprint density at radius 1 is 0.778 bits per heavy atom. The van der Waals surface area contributed by atoms with Crippen LogP contribution in [-0.2, 0) is 0 Å². The van der Waals surface area contributed by atoms with Gasteiger partial charge in [0.25, 0.3) is 0 Å². The van der Waals surface area contributed by atoms with Gasteiger partial charge < -0.3 is 4.98 Å². The molecule has 1 aliphatic rings. The molecule has 2 aromatic carbocycles. The van der Waals surface area contributed by atoms with Gasteiger partial charge in [0.2, 0.25) is 8.24 Å². The van der Waals surface area contributed by atoms with E-state index in [0.29, 0.717) is 0 Å². The molecule has 0 bridgehead atoms. The monoisotopic (exact) mass is 391 g/mol. The number of hydrogen-bond acceptors (Lipinski definition) is 1. The SMILES string of the molecule is CC(C)(C)N[Si](C1=C([Si](C)(C)C)C=CC1)(c1ccccc1)c1ccccc1. The minimum atomic E-state index is -2.32. The predicted molar refractivity (Wildman–Crippen MR) is 125 cm³/mol. The Morgan fingerprint density at radius 3 is 1.67 bits per heavy atom. The van der Waals surface area contributed by atoms with Gasteiger partial charge >= 0.3 is 0 Å². The molecule has 0 saturated carbocycles. The van der Waals surface area contributed by atoms with Crippen LogP contribution in [0.5, 0.6) is 0 Å². The van der Waals surface area contributed by atoms with E-state index in [2.05, 4.69) is 118 Å². The van der Waals surface area contributed by atoms with E-state index in [1.54, 1.807) is 10.4 Å². The molecule has 0 radical (unpaired) electrons. The Morgan fingerprint density at radius 2 is 1.26 bits per heavy atom. The first kappa shape index (κ1) is 20.1. The summed E-state index contributed by atoms with van der Waals surface area (Å²) in [6.07, 6.45) is 5.89. The lowest BCUT2D eigenvalue weighted by atomic mass is 10.1. The van der Waals surface area contributed by atoms with Crippen molar-refractivity contribution in [3.8, 4) is 0 Å². The molecule has 142 valence electrons. The summed E-state index contributed by atoms with van der Waals surface area (Å²) in [5.74, 6) is 0. The summed E-state index contributed by atoms with van der Waals surface area (Å²) in [6.45, 7) is 14.3. The van der Waals surface area contributed by atoms with Crippen molar-refractivity contribution in [2.75, 3.05) is 0 Å². The Hall–Kier alpha value is -1.69. The number of benzene rings is 2. The van der Waals surface area contributed by atoms with Crippen LogP contribution in [0.2, 0.25) is 19.6 Å². The highest BCUT2D eigenvalue weighted by atomic mass is 28.3. The van der Waals surface area contributed by atoms with Gasteiger partial charge in [-0.1, -0.05) is 103 Å². The molecule has 3 heteroatoms. The first-order valence-corrected chi connectivity index (χ1v) is 15.5. The van der Waals surface area contributed by atoms with Crippen LogP contribution in [0, 0.1) is 0 Å². The van der Waals surface area contributed by atoms with E-state index in [0.717, 1.165) is 6.42 Å². The van der Waals surface area contributed by atoms with Crippen molar-refractivity contribution in [2.24, 2.45) is 0 Å². The zero-order valence-electron chi connectivity index (χ0n) is 17.6. The minimum Gasteiger partial charge on any atom is -0.322 e. The lowest BCUT2D eigenvalue weighted by molar-refractivity contribution is 0.517. The van der Waals surface area contributed by atoms with E-state index in [1.807, 2.05) is 0 Å². The Bertz CT molecular complexity index is 798. The predicted octanol–water partition coefficient (Wildman–Crippen LogP) is 4.81. The van der Waals surface area contributed by atoms with E-state index >= 15 is 0 Å². The molecule has 1 aliphatic carbocycles. The second kappa shape index (κ2) is 7.38. The van der Waals surface area contributed by atoms with Gasteiger partial charge in [-0.3, -0.25) is 0 Å². The van der Waals surface area contributed by atoms with E-state index in [1.165, 1.54) is 10.4 Å². The van der Waals surface area contributed by atoms with Crippen LogP contribution in [-0.4, -0.2) is 21.8 Å². The number of allylic oxidation sites excluding steroid dienone is 4. The van der Waals surface area contributed by atoms with Gasteiger partial charge in [0, 0.05) is 5.54 Å². The minimum absolute atomic E-state index is 0.0258. The van der Waals surface area contributed by atoms with Gasteiger partial charge in [0.1, 0.15) is 0 Å². The fourth-order valence-corrected chi connectivity index (χ4v) is 12.4. The largest absolute Gasteiger partial charge is 0.322 e. The molecule has 0 unspecified atom stereocenters. The van der Waals surface area contributed by atoms with Crippen molar-refractivity contribution in [3.05, 3.63) is 83.2 Å². The average molecular weight is 392 g/mol. The Kier molecular flexibility index (Phi) is 5.48. The molecule has 27 heavy (non-hydrogen) atoms. The van der Waals surface area contributed by atoms with E-state index in [4.69, 9.17) is 0 Å². The highest BCUT2D eigenvalue weighted by molar-refractivity contribution is 7.07. The van der Waals surface area contributed by atoms with Gasteiger partial charge in [-0.2, -0.15) is 0 Å². The van der Waals surface area contributed by atoms with Crippen molar-refractivity contribution >= 4 is 26.7 Å². The summed E-state index contributed by atoms with van der Waals surface area (Å²) in [5, 5.41) is 6.22. The first-order chi connectivity index (χ1) is 12.6. The van der Waals surface area contributed by atoms with E-state index in [9.17, 15) is 0 Å². The first-order valence-electron chi connectivity index (χ1n) is 9.96. The van der Waals surface area contributed by atoms with E-state index < -0.39 is 16.3 Å². The molecule has 0 aromatic heterocycles. The van der Waals surface area contributed by atoms with Crippen LogP contribution in [0.25, 0.3) is 0 Å². The van der Waals surface area contributed by atoms with Crippen molar-refractivity contribution < 1.29 is 0 Å². The molecule has 0 spiro atoms. The van der Waals surface area contributed by atoms with Gasteiger partial charge in [-0.15, -0.1) is 0 Å². The summed E-state index contributed by atoms with van der Waals surface area (Å²) in [6, 6.07) is 22.4. The van der Waals surface area contributed by atoms with Crippen molar-refractivity contribution in [3.63, 3.8) is 0 Å². The summed E-state index contributed by atoms with van der Waals surface area (Å²) < 4.78 is 0.